The largest absolute Gasteiger partial charge is 0.396 e. The number of halogens is 2. The molecular weight excluding hydrogens is 321 g/mol. The maximum Gasteiger partial charge on any atom is 0.218 e. The zero-order chi connectivity index (χ0) is 14.8. The lowest BCUT2D eigenvalue weighted by atomic mass is 10.0. The second-order valence-electron chi connectivity index (χ2n) is 5.04. The minimum atomic E-state index is -3.42. The molecule has 0 radical (unpaired) electrons. The van der Waals surface area contributed by atoms with Crippen LogP contribution in [0.3, 0.4) is 0 Å². The lowest BCUT2D eigenvalue weighted by Gasteiger charge is -2.31. The van der Waals surface area contributed by atoms with Crippen molar-refractivity contribution in [2.75, 3.05) is 19.7 Å². The molecule has 1 atom stereocenters. The topological polar surface area (TPSA) is 57.6 Å². The third-order valence-corrected chi connectivity index (χ3v) is 5.87. The van der Waals surface area contributed by atoms with Crippen LogP contribution < -0.4 is 0 Å². The average Bonchev–Trinajstić information content (AvgIpc) is 2.42. The smallest absolute Gasteiger partial charge is 0.218 e. The highest BCUT2D eigenvalue weighted by molar-refractivity contribution is 7.88. The number of rotatable bonds is 4. The van der Waals surface area contributed by atoms with Gasteiger partial charge in [0.2, 0.25) is 10.0 Å². The Morgan fingerprint density at radius 1 is 1.35 bits per heavy atom. The molecule has 0 bridgehead atoms. The van der Waals surface area contributed by atoms with E-state index in [1.54, 1.807) is 18.2 Å². The molecule has 0 aromatic heterocycles. The third-order valence-electron chi connectivity index (χ3n) is 3.49. The Morgan fingerprint density at radius 2 is 2.10 bits per heavy atom. The van der Waals surface area contributed by atoms with Crippen molar-refractivity contribution in [3.05, 3.63) is 33.8 Å². The van der Waals surface area contributed by atoms with Crippen molar-refractivity contribution < 1.29 is 13.5 Å². The standard InChI is InChI=1S/C13H17Cl2NO3S/c14-12-4-3-11(13(15)6-12)9-20(18,19)16-5-1-2-10(7-16)8-17/h3-4,6,10,17H,1-2,5,7-9H2. The van der Waals surface area contributed by atoms with Gasteiger partial charge in [0.15, 0.2) is 0 Å². The van der Waals surface area contributed by atoms with E-state index in [9.17, 15) is 13.5 Å². The van der Waals surface area contributed by atoms with Crippen molar-refractivity contribution in [3.8, 4) is 0 Å². The second-order valence-corrected chi connectivity index (χ2v) is 7.85. The molecule has 4 nitrogen and oxygen atoms in total. The molecule has 1 aromatic carbocycles. The van der Waals surface area contributed by atoms with Crippen LogP contribution in [0.1, 0.15) is 18.4 Å². The van der Waals surface area contributed by atoms with Gasteiger partial charge in [-0.2, -0.15) is 0 Å². The summed E-state index contributed by atoms with van der Waals surface area (Å²) in [7, 11) is -3.42. The molecular formula is C13H17Cl2NO3S. The zero-order valence-electron chi connectivity index (χ0n) is 10.9. The van der Waals surface area contributed by atoms with E-state index in [4.69, 9.17) is 23.2 Å². The summed E-state index contributed by atoms with van der Waals surface area (Å²) in [4.78, 5) is 0. The van der Waals surface area contributed by atoms with E-state index in [2.05, 4.69) is 0 Å². The molecule has 1 fully saturated rings. The molecule has 1 heterocycles. The maximum absolute atomic E-state index is 12.4. The van der Waals surface area contributed by atoms with Gasteiger partial charge >= 0.3 is 0 Å². The van der Waals surface area contributed by atoms with E-state index in [0.717, 1.165) is 12.8 Å². The molecule has 1 aliphatic heterocycles. The van der Waals surface area contributed by atoms with Crippen LogP contribution in [0.25, 0.3) is 0 Å². The van der Waals surface area contributed by atoms with Crippen molar-refractivity contribution in [2.45, 2.75) is 18.6 Å². The molecule has 0 amide bonds. The van der Waals surface area contributed by atoms with Crippen LogP contribution in [0.5, 0.6) is 0 Å². The van der Waals surface area contributed by atoms with Crippen LogP contribution in [0.2, 0.25) is 10.0 Å². The van der Waals surface area contributed by atoms with Crippen molar-refractivity contribution >= 4 is 33.2 Å². The van der Waals surface area contributed by atoms with E-state index in [0.29, 0.717) is 28.7 Å². The zero-order valence-corrected chi connectivity index (χ0v) is 13.3. The molecule has 1 unspecified atom stereocenters. The highest BCUT2D eigenvalue weighted by atomic mass is 35.5. The first kappa shape index (κ1) is 16.0. The van der Waals surface area contributed by atoms with Gasteiger partial charge in [0, 0.05) is 29.7 Å². The minimum absolute atomic E-state index is 0.0215. The molecule has 0 spiro atoms. The number of aliphatic hydroxyl groups is 1. The number of sulfonamides is 1. The van der Waals surface area contributed by atoms with Gasteiger partial charge < -0.3 is 5.11 Å². The van der Waals surface area contributed by atoms with Gasteiger partial charge in [0.1, 0.15) is 0 Å². The summed E-state index contributed by atoms with van der Waals surface area (Å²) in [6.45, 7) is 0.905. The van der Waals surface area contributed by atoms with Gasteiger partial charge in [-0.1, -0.05) is 29.3 Å². The van der Waals surface area contributed by atoms with Crippen LogP contribution in [0.4, 0.5) is 0 Å². The van der Waals surface area contributed by atoms with Crippen LogP contribution >= 0.6 is 23.2 Å². The number of piperidine rings is 1. The first-order chi connectivity index (χ1) is 9.42. The number of aliphatic hydroxyl groups excluding tert-OH is 1. The molecule has 2 rings (SSSR count). The average molecular weight is 338 g/mol. The van der Waals surface area contributed by atoms with E-state index in [1.165, 1.54) is 4.31 Å². The Balaban J connectivity index is 2.14. The highest BCUT2D eigenvalue weighted by Crippen LogP contribution is 2.26. The summed E-state index contributed by atoms with van der Waals surface area (Å²) in [6, 6.07) is 4.81. The molecule has 1 N–H and O–H groups in total. The number of hydrogen-bond donors (Lipinski definition) is 1. The maximum atomic E-state index is 12.4. The van der Waals surface area contributed by atoms with Crippen molar-refractivity contribution in [2.24, 2.45) is 5.92 Å². The number of hydrogen-bond acceptors (Lipinski definition) is 3. The third kappa shape index (κ3) is 3.86. The Bertz CT molecular complexity index is 577. The van der Waals surface area contributed by atoms with Crippen molar-refractivity contribution in [3.63, 3.8) is 0 Å². The van der Waals surface area contributed by atoms with Gasteiger partial charge in [-0.05, 0) is 36.5 Å². The first-order valence-corrected chi connectivity index (χ1v) is 8.81. The fourth-order valence-electron chi connectivity index (χ4n) is 2.36. The van der Waals surface area contributed by atoms with Crippen molar-refractivity contribution in [1.82, 2.24) is 4.31 Å². The van der Waals surface area contributed by atoms with E-state index < -0.39 is 10.0 Å². The fraction of sp³-hybridized carbons (Fsp3) is 0.538. The van der Waals surface area contributed by atoms with Gasteiger partial charge in [0.25, 0.3) is 0 Å². The summed E-state index contributed by atoms with van der Waals surface area (Å²) in [5.41, 5.74) is 0.544. The summed E-state index contributed by atoms with van der Waals surface area (Å²) in [6.07, 6.45) is 1.64. The highest BCUT2D eigenvalue weighted by Gasteiger charge is 2.29. The number of nitrogens with zero attached hydrogens (tertiary/aromatic N) is 1. The SMILES string of the molecule is O=S(=O)(Cc1ccc(Cl)cc1Cl)N1CCCC(CO)C1. The summed E-state index contributed by atoms with van der Waals surface area (Å²) < 4.78 is 26.3. The Labute approximate surface area is 129 Å². The van der Waals surface area contributed by atoms with Gasteiger partial charge in [0.05, 0.1) is 5.75 Å². The number of benzene rings is 1. The summed E-state index contributed by atoms with van der Waals surface area (Å²) in [5, 5.41) is 10.0. The van der Waals surface area contributed by atoms with Crippen LogP contribution in [-0.4, -0.2) is 37.5 Å². The van der Waals surface area contributed by atoms with Crippen LogP contribution in [0, 0.1) is 5.92 Å². The van der Waals surface area contributed by atoms with Gasteiger partial charge in [-0.25, -0.2) is 12.7 Å². The molecule has 0 aliphatic carbocycles. The Kier molecular flexibility index (Phi) is 5.31. The molecule has 1 aliphatic rings. The quantitative estimate of drug-likeness (QED) is 0.918. The predicted octanol–water partition coefficient (Wildman–Crippen LogP) is 2.53. The van der Waals surface area contributed by atoms with E-state index in [-0.39, 0.29) is 18.3 Å². The lowest BCUT2D eigenvalue weighted by molar-refractivity contribution is 0.165. The van der Waals surface area contributed by atoms with Crippen molar-refractivity contribution in [1.29, 1.82) is 0 Å². The molecule has 112 valence electrons. The molecule has 20 heavy (non-hydrogen) atoms. The van der Waals surface area contributed by atoms with Gasteiger partial charge in [-0.3, -0.25) is 0 Å². The minimum Gasteiger partial charge on any atom is -0.396 e. The van der Waals surface area contributed by atoms with E-state index in [1.807, 2.05) is 0 Å². The Morgan fingerprint density at radius 3 is 2.75 bits per heavy atom. The lowest BCUT2D eigenvalue weighted by Crippen LogP contribution is -2.41. The fourth-order valence-corrected chi connectivity index (χ4v) is 4.58. The summed E-state index contributed by atoms with van der Waals surface area (Å²) in [5.74, 6) is -0.111. The molecule has 1 aromatic rings. The molecule has 0 saturated carbocycles. The molecule has 7 heteroatoms. The molecule has 1 saturated heterocycles. The normalized spacial score (nSPS) is 21.1. The van der Waals surface area contributed by atoms with Gasteiger partial charge in [-0.15, -0.1) is 0 Å². The summed E-state index contributed by atoms with van der Waals surface area (Å²) >= 11 is 11.8. The second kappa shape index (κ2) is 6.62. The first-order valence-electron chi connectivity index (χ1n) is 6.45. The monoisotopic (exact) mass is 337 g/mol. The van der Waals surface area contributed by atoms with Crippen LogP contribution in [-0.2, 0) is 15.8 Å². The Hall–Kier alpha value is -0.330. The van der Waals surface area contributed by atoms with E-state index >= 15 is 0 Å². The van der Waals surface area contributed by atoms with Crippen LogP contribution in [0.15, 0.2) is 18.2 Å². The predicted molar refractivity (Wildman–Crippen MR) is 80.5 cm³/mol.